The maximum atomic E-state index is 13.0. The first kappa shape index (κ1) is 16.6. The van der Waals surface area contributed by atoms with Crippen molar-refractivity contribution in [3.05, 3.63) is 70.8 Å². The van der Waals surface area contributed by atoms with Crippen LogP contribution in [-0.4, -0.2) is 15.0 Å². The molecular weight excluding hydrogens is 308 g/mol. The number of benzene rings is 2. The highest BCUT2D eigenvalue weighted by Crippen LogP contribution is 2.10. The second kappa shape index (κ2) is 6.98. The maximum Gasteiger partial charge on any atom is 0.215 e. The average Bonchev–Trinajstić information content (AvgIpc) is 2.45. The van der Waals surface area contributed by atoms with Gasteiger partial charge in [0.1, 0.15) is 0 Å². The van der Waals surface area contributed by atoms with Crippen molar-refractivity contribution in [1.29, 1.82) is 0 Å². The molecule has 0 unspecified atom stereocenters. The van der Waals surface area contributed by atoms with E-state index in [-0.39, 0.29) is 12.3 Å². The standard InChI is InChI=1S/C16H17F2NO2S/c1-12-2-4-14(5-3-12)11-22(20,21)19-9-8-13-6-7-15(17)16(18)10-13/h2-7,10,19H,8-9,11H2,1H3. The van der Waals surface area contributed by atoms with E-state index >= 15 is 0 Å². The van der Waals surface area contributed by atoms with E-state index in [0.29, 0.717) is 17.5 Å². The van der Waals surface area contributed by atoms with Gasteiger partial charge in [0.15, 0.2) is 11.6 Å². The van der Waals surface area contributed by atoms with Crippen molar-refractivity contribution < 1.29 is 17.2 Å². The Labute approximate surface area is 129 Å². The molecule has 22 heavy (non-hydrogen) atoms. The van der Waals surface area contributed by atoms with Crippen molar-refractivity contribution in [2.24, 2.45) is 0 Å². The predicted octanol–water partition coefficient (Wildman–Crippen LogP) is 2.94. The molecule has 0 radical (unpaired) electrons. The van der Waals surface area contributed by atoms with Crippen LogP contribution < -0.4 is 4.72 Å². The summed E-state index contributed by atoms with van der Waals surface area (Å²) in [4.78, 5) is 0. The van der Waals surface area contributed by atoms with Gasteiger partial charge in [-0.25, -0.2) is 21.9 Å². The molecule has 0 bridgehead atoms. The molecule has 0 aliphatic heterocycles. The molecule has 1 N–H and O–H groups in total. The molecule has 0 aliphatic carbocycles. The lowest BCUT2D eigenvalue weighted by molar-refractivity contribution is 0.507. The summed E-state index contributed by atoms with van der Waals surface area (Å²) in [6, 6.07) is 10.8. The Bertz CT molecular complexity index is 743. The molecule has 3 nitrogen and oxygen atoms in total. The number of hydrogen-bond acceptors (Lipinski definition) is 2. The molecule has 2 aromatic carbocycles. The van der Waals surface area contributed by atoms with Crippen LogP contribution in [0, 0.1) is 18.6 Å². The third-order valence-electron chi connectivity index (χ3n) is 3.20. The fourth-order valence-corrected chi connectivity index (χ4v) is 3.15. The zero-order valence-corrected chi connectivity index (χ0v) is 13.0. The Morgan fingerprint density at radius 2 is 1.59 bits per heavy atom. The zero-order valence-electron chi connectivity index (χ0n) is 12.1. The fourth-order valence-electron chi connectivity index (χ4n) is 2.00. The Hall–Kier alpha value is -1.79. The first-order valence-electron chi connectivity index (χ1n) is 6.82. The lowest BCUT2D eigenvalue weighted by Crippen LogP contribution is -2.27. The number of halogens is 2. The molecule has 2 aromatic rings. The summed E-state index contributed by atoms with van der Waals surface area (Å²) in [6.45, 7) is 2.07. The van der Waals surface area contributed by atoms with Crippen molar-refractivity contribution in [3.8, 4) is 0 Å². The second-order valence-corrected chi connectivity index (χ2v) is 6.94. The van der Waals surface area contributed by atoms with Crippen LogP contribution >= 0.6 is 0 Å². The molecule has 118 valence electrons. The van der Waals surface area contributed by atoms with E-state index in [1.54, 1.807) is 12.1 Å². The Morgan fingerprint density at radius 3 is 2.23 bits per heavy atom. The van der Waals surface area contributed by atoms with Crippen molar-refractivity contribution in [1.82, 2.24) is 4.72 Å². The van der Waals surface area contributed by atoms with Gasteiger partial charge >= 0.3 is 0 Å². The van der Waals surface area contributed by atoms with E-state index in [0.717, 1.165) is 17.7 Å². The maximum absolute atomic E-state index is 13.0. The Balaban J connectivity index is 1.89. The number of aryl methyl sites for hydroxylation is 1. The van der Waals surface area contributed by atoms with Crippen LogP contribution in [0.3, 0.4) is 0 Å². The highest BCUT2D eigenvalue weighted by molar-refractivity contribution is 7.88. The summed E-state index contributed by atoms with van der Waals surface area (Å²) >= 11 is 0. The fraction of sp³-hybridized carbons (Fsp3) is 0.250. The molecule has 0 saturated heterocycles. The van der Waals surface area contributed by atoms with E-state index in [4.69, 9.17) is 0 Å². The normalized spacial score (nSPS) is 11.6. The molecule has 0 spiro atoms. The minimum atomic E-state index is -3.45. The van der Waals surface area contributed by atoms with Gasteiger partial charge in [-0.05, 0) is 36.6 Å². The summed E-state index contributed by atoms with van der Waals surface area (Å²) in [7, 11) is -3.45. The van der Waals surface area contributed by atoms with Crippen molar-refractivity contribution in [3.63, 3.8) is 0 Å². The number of sulfonamides is 1. The van der Waals surface area contributed by atoms with Gasteiger partial charge in [-0.15, -0.1) is 0 Å². The third kappa shape index (κ3) is 4.89. The molecule has 0 fully saturated rings. The van der Waals surface area contributed by atoms with E-state index in [9.17, 15) is 17.2 Å². The minimum absolute atomic E-state index is 0.106. The number of rotatable bonds is 6. The largest absolute Gasteiger partial charge is 0.215 e. The van der Waals surface area contributed by atoms with E-state index in [2.05, 4.69) is 4.72 Å². The first-order chi connectivity index (χ1) is 10.4. The molecule has 0 aromatic heterocycles. The quantitative estimate of drug-likeness (QED) is 0.887. The lowest BCUT2D eigenvalue weighted by atomic mass is 10.1. The van der Waals surface area contributed by atoms with Gasteiger partial charge in [-0.2, -0.15) is 0 Å². The summed E-state index contributed by atoms with van der Waals surface area (Å²) < 4.78 is 52.2. The van der Waals surface area contributed by atoms with E-state index in [1.165, 1.54) is 6.07 Å². The predicted molar refractivity (Wildman–Crippen MR) is 81.9 cm³/mol. The van der Waals surface area contributed by atoms with Gasteiger partial charge in [0.25, 0.3) is 0 Å². The molecule has 0 saturated carbocycles. The van der Waals surface area contributed by atoms with Gasteiger partial charge in [0, 0.05) is 6.54 Å². The smallest absolute Gasteiger partial charge is 0.215 e. The van der Waals surface area contributed by atoms with Crippen LogP contribution in [0.15, 0.2) is 42.5 Å². The van der Waals surface area contributed by atoms with Crippen LogP contribution in [0.4, 0.5) is 8.78 Å². The Kier molecular flexibility index (Phi) is 5.26. The van der Waals surface area contributed by atoms with Crippen molar-refractivity contribution >= 4 is 10.0 Å². The summed E-state index contributed by atoms with van der Waals surface area (Å²) in [6.07, 6.45) is 0.296. The SMILES string of the molecule is Cc1ccc(CS(=O)(=O)NCCc2ccc(F)c(F)c2)cc1. The Morgan fingerprint density at radius 1 is 0.955 bits per heavy atom. The third-order valence-corrected chi connectivity index (χ3v) is 4.55. The van der Waals surface area contributed by atoms with Crippen LogP contribution in [0.2, 0.25) is 0 Å². The number of nitrogens with one attached hydrogen (secondary N) is 1. The topological polar surface area (TPSA) is 46.2 Å². The van der Waals surface area contributed by atoms with E-state index in [1.807, 2.05) is 19.1 Å². The molecule has 0 atom stereocenters. The molecule has 2 rings (SSSR count). The van der Waals surface area contributed by atoms with Crippen LogP contribution in [0.5, 0.6) is 0 Å². The van der Waals surface area contributed by atoms with Gasteiger partial charge in [0.05, 0.1) is 5.75 Å². The van der Waals surface area contributed by atoms with Crippen LogP contribution in [0.25, 0.3) is 0 Å². The minimum Gasteiger partial charge on any atom is -0.215 e. The lowest BCUT2D eigenvalue weighted by Gasteiger charge is -2.07. The van der Waals surface area contributed by atoms with Crippen molar-refractivity contribution in [2.75, 3.05) is 6.54 Å². The van der Waals surface area contributed by atoms with Crippen LogP contribution in [0.1, 0.15) is 16.7 Å². The zero-order chi connectivity index (χ0) is 16.2. The summed E-state index contributed by atoms with van der Waals surface area (Å²) in [5.74, 6) is -1.95. The summed E-state index contributed by atoms with van der Waals surface area (Å²) in [5, 5.41) is 0. The van der Waals surface area contributed by atoms with Crippen LogP contribution in [-0.2, 0) is 22.2 Å². The summed E-state index contributed by atoms with van der Waals surface area (Å²) in [5.41, 5.74) is 2.30. The monoisotopic (exact) mass is 325 g/mol. The average molecular weight is 325 g/mol. The molecule has 0 heterocycles. The van der Waals surface area contributed by atoms with Gasteiger partial charge in [-0.3, -0.25) is 0 Å². The van der Waals surface area contributed by atoms with Gasteiger partial charge in [-0.1, -0.05) is 35.9 Å². The highest BCUT2D eigenvalue weighted by Gasteiger charge is 2.11. The second-order valence-electron chi connectivity index (χ2n) is 5.14. The molecular formula is C16H17F2NO2S. The van der Waals surface area contributed by atoms with Crippen molar-refractivity contribution in [2.45, 2.75) is 19.1 Å². The molecule has 0 aliphatic rings. The molecule has 6 heteroatoms. The molecule has 0 amide bonds. The van der Waals surface area contributed by atoms with Gasteiger partial charge in [0.2, 0.25) is 10.0 Å². The number of hydrogen-bond donors (Lipinski definition) is 1. The van der Waals surface area contributed by atoms with Gasteiger partial charge < -0.3 is 0 Å². The highest BCUT2D eigenvalue weighted by atomic mass is 32.2. The van der Waals surface area contributed by atoms with E-state index < -0.39 is 21.7 Å². The first-order valence-corrected chi connectivity index (χ1v) is 8.48.